The lowest BCUT2D eigenvalue weighted by Crippen LogP contribution is -2.42. The highest BCUT2D eigenvalue weighted by atomic mass is 32.2. The number of amides is 1. The molecule has 1 aliphatic heterocycles. The van der Waals surface area contributed by atoms with Crippen molar-refractivity contribution >= 4 is 32.9 Å². The number of carbonyl (C=O) groups excluding carboxylic acids is 1. The molecule has 0 spiro atoms. The third kappa shape index (κ3) is 8.88. The number of sulfonamides is 1. The van der Waals surface area contributed by atoms with Crippen LogP contribution in [-0.2, 0) is 14.8 Å². The van der Waals surface area contributed by atoms with E-state index in [-0.39, 0.29) is 47.6 Å². The fraction of sp³-hybridized carbons (Fsp3) is 0.826. The normalized spacial score (nSPS) is 29.2. The number of alkyl carbamates (subject to hydrolysis) is 1. The Labute approximate surface area is 204 Å². The van der Waals surface area contributed by atoms with Crippen molar-refractivity contribution in [3.05, 3.63) is 11.5 Å². The number of hydrogen-bond acceptors (Lipinski definition) is 7. The molecule has 0 aromatic heterocycles. The number of nitrogens with one attached hydrogen (secondary N) is 2. The number of rotatable bonds is 7. The summed E-state index contributed by atoms with van der Waals surface area (Å²) in [5, 5.41) is 4.01. The van der Waals surface area contributed by atoms with E-state index >= 15 is 0 Å². The van der Waals surface area contributed by atoms with Crippen molar-refractivity contribution in [3.63, 3.8) is 0 Å². The lowest BCUT2D eigenvalue weighted by Gasteiger charge is -2.30. The van der Waals surface area contributed by atoms with E-state index in [0.717, 1.165) is 36.5 Å². The molecule has 8 nitrogen and oxygen atoms in total. The average Bonchev–Trinajstić information content (AvgIpc) is 2.80. The van der Waals surface area contributed by atoms with Crippen molar-refractivity contribution in [2.24, 2.45) is 22.6 Å². The number of nitrogens with zero attached hydrogens (tertiary/aromatic N) is 1. The molecule has 4 N–H and O–H groups in total. The minimum absolute atomic E-state index is 0.0420. The summed E-state index contributed by atoms with van der Waals surface area (Å²) in [6, 6.07) is -0.198. The lowest BCUT2D eigenvalue weighted by molar-refractivity contribution is 0.109. The van der Waals surface area contributed by atoms with E-state index in [9.17, 15) is 13.2 Å². The summed E-state index contributed by atoms with van der Waals surface area (Å²) < 4.78 is 33.3. The Balaban J connectivity index is 2.06. The van der Waals surface area contributed by atoms with Gasteiger partial charge in [0.05, 0.1) is 22.1 Å². The van der Waals surface area contributed by atoms with Crippen molar-refractivity contribution in [3.8, 4) is 0 Å². The van der Waals surface area contributed by atoms with Gasteiger partial charge in [-0.25, -0.2) is 17.9 Å². The molecule has 0 bridgehead atoms. The fourth-order valence-electron chi connectivity index (χ4n) is 4.11. The van der Waals surface area contributed by atoms with Crippen LogP contribution in [0, 0.1) is 11.8 Å². The SMILES string of the molecule is C=C(C[C@H]1N=C(C2CCC(NC(=O)OC(C)C)CC2)SCC(N)[C@H]1C)S(=O)(=O)NC(C)(C)C. The van der Waals surface area contributed by atoms with Crippen LogP contribution < -0.4 is 15.8 Å². The Morgan fingerprint density at radius 2 is 1.88 bits per heavy atom. The number of aliphatic imine (C=N–C) groups is 1. The molecule has 0 aromatic rings. The third-order valence-electron chi connectivity index (χ3n) is 6.00. The van der Waals surface area contributed by atoms with Gasteiger partial charge in [-0.3, -0.25) is 4.99 Å². The van der Waals surface area contributed by atoms with Crippen molar-refractivity contribution in [2.45, 2.75) is 103 Å². The van der Waals surface area contributed by atoms with E-state index in [1.807, 2.05) is 41.5 Å². The van der Waals surface area contributed by atoms with Crippen molar-refractivity contribution in [1.29, 1.82) is 0 Å². The molecule has 2 rings (SSSR count). The Bertz CT molecular complexity index is 828. The van der Waals surface area contributed by atoms with Gasteiger partial charge in [-0.15, -0.1) is 11.8 Å². The smallest absolute Gasteiger partial charge is 0.407 e. The summed E-state index contributed by atoms with van der Waals surface area (Å²) in [5.74, 6) is 1.10. The largest absolute Gasteiger partial charge is 0.447 e. The number of carbonyl (C=O) groups is 1. The number of thioether (sulfide) groups is 1. The second-order valence-corrected chi connectivity index (χ2v) is 13.4. The topological polar surface area (TPSA) is 123 Å². The van der Waals surface area contributed by atoms with Gasteiger partial charge in [0, 0.05) is 35.7 Å². The molecule has 1 fully saturated rings. The van der Waals surface area contributed by atoms with Gasteiger partial charge in [0.1, 0.15) is 0 Å². The third-order valence-corrected chi connectivity index (χ3v) is 9.09. The van der Waals surface area contributed by atoms with E-state index in [1.165, 1.54) is 0 Å². The summed E-state index contributed by atoms with van der Waals surface area (Å²) in [4.78, 5) is 17.1. The van der Waals surface area contributed by atoms with E-state index in [1.54, 1.807) is 11.8 Å². The van der Waals surface area contributed by atoms with E-state index < -0.39 is 15.6 Å². The molecule has 0 radical (unpaired) electrons. The molecule has 3 atom stereocenters. The summed E-state index contributed by atoms with van der Waals surface area (Å²) in [6.45, 7) is 15.0. The summed E-state index contributed by atoms with van der Waals surface area (Å²) in [5.41, 5.74) is 5.84. The van der Waals surface area contributed by atoms with Crippen LogP contribution in [0.25, 0.3) is 0 Å². The van der Waals surface area contributed by atoms with Gasteiger partial charge in [0.15, 0.2) is 0 Å². The zero-order valence-electron chi connectivity index (χ0n) is 20.9. The maximum atomic E-state index is 12.7. The number of nitrogens with two attached hydrogens (primary N) is 1. The van der Waals surface area contributed by atoms with Crippen LogP contribution in [0.2, 0.25) is 0 Å². The highest BCUT2D eigenvalue weighted by Gasteiger charge is 2.34. The molecule has 2 aliphatic rings. The summed E-state index contributed by atoms with van der Waals surface area (Å²) >= 11 is 1.69. The molecule has 0 saturated heterocycles. The second kappa shape index (κ2) is 11.6. The zero-order valence-corrected chi connectivity index (χ0v) is 22.5. The van der Waals surface area contributed by atoms with Crippen LogP contribution >= 0.6 is 11.8 Å². The van der Waals surface area contributed by atoms with Crippen LogP contribution in [0.4, 0.5) is 4.79 Å². The minimum Gasteiger partial charge on any atom is -0.447 e. The molecular weight excluding hydrogens is 460 g/mol. The van der Waals surface area contributed by atoms with Gasteiger partial charge in [-0.2, -0.15) is 0 Å². The number of hydrogen-bond donors (Lipinski definition) is 3. The lowest BCUT2D eigenvalue weighted by atomic mass is 9.86. The highest BCUT2D eigenvalue weighted by Crippen LogP contribution is 2.35. The maximum Gasteiger partial charge on any atom is 0.407 e. The first-order chi connectivity index (χ1) is 15.2. The molecule has 190 valence electrons. The van der Waals surface area contributed by atoms with Gasteiger partial charge < -0.3 is 15.8 Å². The minimum atomic E-state index is -3.65. The first kappa shape index (κ1) is 28.1. The van der Waals surface area contributed by atoms with E-state index in [0.29, 0.717) is 5.92 Å². The van der Waals surface area contributed by atoms with Gasteiger partial charge in [0.25, 0.3) is 0 Å². The van der Waals surface area contributed by atoms with E-state index in [4.69, 9.17) is 15.5 Å². The van der Waals surface area contributed by atoms with E-state index in [2.05, 4.69) is 16.6 Å². The van der Waals surface area contributed by atoms with Crippen molar-refractivity contribution < 1.29 is 17.9 Å². The molecule has 1 heterocycles. The first-order valence-electron chi connectivity index (χ1n) is 11.8. The molecule has 1 saturated carbocycles. The molecule has 10 heteroatoms. The molecular formula is C23H42N4O4S2. The van der Waals surface area contributed by atoms with Crippen LogP contribution in [-0.4, -0.2) is 55.1 Å². The Kier molecular flexibility index (Phi) is 9.85. The quantitative estimate of drug-likeness (QED) is 0.487. The predicted molar refractivity (Wildman–Crippen MR) is 137 cm³/mol. The number of ether oxygens (including phenoxy) is 1. The average molecular weight is 503 g/mol. The van der Waals surface area contributed by atoms with Crippen LogP contribution in [0.5, 0.6) is 0 Å². The van der Waals surface area contributed by atoms with Crippen LogP contribution in [0.1, 0.15) is 73.6 Å². The van der Waals surface area contributed by atoms with Gasteiger partial charge in [0.2, 0.25) is 10.0 Å². The fourth-order valence-corrected chi connectivity index (χ4v) is 6.80. The standard InChI is InChI=1S/C23H42N4O4S2/c1-14(2)31-22(28)25-18-10-8-17(9-11-18)21-26-20(16(4)19(24)13-32-21)12-15(3)33(29,30)27-23(5,6)7/h14,16-20,27H,3,8-13,24H2,1-2,4-7H3,(H,25,28)/t16-,17?,18?,19?,20-/m1/s1. The van der Waals surface area contributed by atoms with Gasteiger partial charge >= 0.3 is 6.09 Å². The summed E-state index contributed by atoms with van der Waals surface area (Å²) in [7, 11) is -3.65. The zero-order chi connectivity index (χ0) is 25.0. The van der Waals surface area contributed by atoms with Gasteiger partial charge in [-0.1, -0.05) is 13.5 Å². The van der Waals surface area contributed by atoms with Crippen LogP contribution in [0.3, 0.4) is 0 Å². The molecule has 33 heavy (non-hydrogen) atoms. The predicted octanol–water partition coefficient (Wildman–Crippen LogP) is 3.78. The molecule has 1 aliphatic carbocycles. The Morgan fingerprint density at radius 1 is 1.27 bits per heavy atom. The molecule has 1 unspecified atom stereocenters. The monoisotopic (exact) mass is 502 g/mol. The van der Waals surface area contributed by atoms with Gasteiger partial charge in [-0.05, 0) is 66.2 Å². The molecule has 0 aromatic carbocycles. The molecule has 1 amide bonds. The van der Waals surface area contributed by atoms with Crippen LogP contribution in [0.15, 0.2) is 16.5 Å². The highest BCUT2D eigenvalue weighted by molar-refractivity contribution is 8.14. The Hall–Kier alpha value is -1.10. The maximum absolute atomic E-state index is 12.7. The van der Waals surface area contributed by atoms with Crippen molar-refractivity contribution in [2.75, 3.05) is 5.75 Å². The first-order valence-corrected chi connectivity index (χ1v) is 14.3. The summed E-state index contributed by atoms with van der Waals surface area (Å²) in [6.07, 6.45) is 3.30. The Morgan fingerprint density at radius 3 is 2.42 bits per heavy atom. The second-order valence-electron chi connectivity index (χ2n) is 10.6. The van der Waals surface area contributed by atoms with Crippen molar-refractivity contribution in [1.82, 2.24) is 10.0 Å².